The normalized spacial score (nSPS) is 21.3. The van der Waals surface area contributed by atoms with Crippen LogP contribution >= 0.6 is 15.6 Å². The maximum atomic E-state index is 10.9. The minimum Gasteiger partial charge on any atom is -0.780 e. The van der Waals surface area contributed by atoms with E-state index in [1.165, 1.54) is 0 Å². The Balaban J connectivity index is -0.000000539. The molecule has 0 saturated carbocycles. The third kappa shape index (κ3) is 13.1. The first-order valence-corrected chi connectivity index (χ1v) is 10.7. The number of aliphatic hydroxyl groups excluding tert-OH is 6. The zero-order valence-electron chi connectivity index (χ0n) is 17.9. The van der Waals surface area contributed by atoms with Gasteiger partial charge in [0.05, 0.1) is 13.2 Å². The van der Waals surface area contributed by atoms with Crippen molar-refractivity contribution in [2.24, 2.45) is 0 Å². The van der Waals surface area contributed by atoms with Gasteiger partial charge in [-0.1, -0.05) is 0 Å². The van der Waals surface area contributed by atoms with Crippen molar-refractivity contribution in [3.05, 3.63) is 23.0 Å². The third-order valence-electron chi connectivity index (χ3n) is 3.32. The zero-order valence-corrected chi connectivity index (χ0v) is 27.4. The Labute approximate surface area is 296 Å². The van der Waals surface area contributed by atoms with Crippen molar-refractivity contribution in [3.63, 3.8) is 0 Å². The van der Waals surface area contributed by atoms with Crippen LogP contribution in [0.25, 0.3) is 0 Å². The Hall–Kier alpha value is 1.80. The Morgan fingerprint density at radius 1 is 0.771 bits per heavy atom. The molecule has 2 aliphatic rings. The predicted molar refractivity (Wildman–Crippen MR) is 88.4 cm³/mol. The fourth-order valence-electron chi connectivity index (χ4n) is 2.02. The van der Waals surface area contributed by atoms with Crippen molar-refractivity contribution >= 4 is 50.6 Å². The second kappa shape index (κ2) is 17.5. The number of esters is 2. The number of carbonyl (C=O) groups is 2. The summed E-state index contributed by atoms with van der Waals surface area (Å²) in [5.41, 5.74) is 0. The Morgan fingerprint density at radius 2 is 1.03 bits per heavy atom. The summed E-state index contributed by atoms with van der Waals surface area (Å²) in [6.07, 6.45) is -6.61. The Kier molecular flexibility index (Phi) is 20.6. The summed E-state index contributed by atoms with van der Waals surface area (Å²) >= 11 is 0. The molecule has 2 rings (SSSR count). The molecule has 35 heavy (non-hydrogen) atoms. The van der Waals surface area contributed by atoms with Gasteiger partial charge in [-0.3, -0.25) is 0 Å². The summed E-state index contributed by atoms with van der Waals surface area (Å²) in [4.78, 5) is 62.7. The molecule has 6 N–H and O–H groups in total. The largest absolute Gasteiger partial charge is 2.00 e. The first kappa shape index (κ1) is 41.3. The number of cyclic esters (lactones) is 2. The molecule has 0 aromatic carbocycles. The molecule has 0 fully saturated rings. The van der Waals surface area contributed by atoms with E-state index >= 15 is 0 Å². The molecular weight excluding hydrogens is 597 g/mol. The van der Waals surface area contributed by atoms with Crippen LogP contribution in [0.1, 0.15) is 0 Å². The maximum absolute atomic E-state index is 10.9. The molecular formula is C12H14K2MgO18P2. The SMILES string of the molecule is O=C1O[C@H]([C@@H](O)CO)C(O)=C1OP(=O)([O-])[O-].O=C1O[C@H]([C@@H](O)CO)C(O)=C1OP(=O)([O-])[O-].[K+].[K+].[Mg+2]. The molecule has 4 atom stereocenters. The predicted octanol–water partition coefficient (Wildman–Crippen LogP) is -12.6. The molecule has 2 aliphatic heterocycles. The zero-order chi connectivity index (χ0) is 25.0. The molecule has 23 heteroatoms. The van der Waals surface area contributed by atoms with E-state index in [2.05, 4.69) is 18.5 Å². The van der Waals surface area contributed by atoms with Crippen molar-refractivity contribution in [1.29, 1.82) is 0 Å². The molecule has 0 amide bonds. The van der Waals surface area contributed by atoms with Gasteiger partial charge in [-0.05, 0) is 0 Å². The molecule has 0 saturated heterocycles. The van der Waals surface area contributed by atoms with E-state index in [1.54, 1.807) is 0 Å². The van der Waals surface area contributed by atoms with E-state index in [1.807, 2.05) is 0 Å². The van der Waals surface area contributed by atoms with E-state index in [0.29, 0.717) is 0 Å². The molecule has 0 radical (unpaired) electrons. The van der Waals surface area contributed by atoms with Crippen LogP contribution in [0.3, 0.4) is 0 Å². The monoisotopic (exact) mass is 610 g/mol. The van der Waals surface area contributed by atoms with Crippen LogP contribution in [0.15, 0.2) is 23.0 Å². The average molecular weight is 611 g/mol. The molecule has 0 spiro atoms. The average Bonchev–Trinajstić information content (AvgIpc) is 3.10. The van der Waals surface area contributed by atoms with Gasteiger partial charge >= 0.3 is 138 Å². The quantitative estimate of drug-likeness (QED) is 0.0843. The van der Waals surface area contributed by atoms with Gasteiger partial charge in [0.1, 0.15) is 27.9 Å². The van der Waals surface area contributed by atoms with Crippen molar-refractivity contribution in [2.45, 2.75) is 24.4 Å². The van der Waals surface area contributed by atoms with Crippen LogP contribution in [0.2, 0.25) is 0 Å². The first-order valence-electron chi connectivity index (χ1n) is 7.81. The molecule has 0 aliphatic carbocycles. The fraction of sp³-hybridized carbons (Fsp3) is 0.500. The molecule has 184 valence electrons. The van der Waals surface area contributed by atoms with Crippen molar-refractivity contribution in [3.8, 4) is 0 Å². The van der Waals surface area contributed by atoms with Gasteiger partial charge in [-0.15, -0.1) is 0 Å². The van der Waals surface area contributed by atoms with Crippen molar-refractivity contribution < 1.29 is 190 Å². The van der Waals surface area contributed by atoms with Crippen molar-refractivity contribution in [2.75, 3.05) is 13.2 Å². The standard InChI is InChI=1S/2C6H9O9P.2K.Mg/c2*7-1-2(8)4-3(9)5(6(10)14-4)15-16(11,12)13;;;/h2*2,4,7-9H,1H2,(H2,11,12,13);;;/q;;2*+1;+2/p-4/t2*2-,4+;;;/m00.../s1. The molecule has 0 unspecified atom stereocenters. The van der Waals surface area contributed by atoms with Crippen LogP contribution in [0.4, 0.5) is 0 Å². The molecule has 0 aromatic heterocycles. The van der Waals surface area contributed by atoms with E-state index in [0.717, 1.165) is 0 Å². The molecule has 0 bridgehead atoms. The topological polar surface area (TPSA) is 319 Å². The number of ether oxygens (including phenoxy) is 2. The van der Waals surface area contributed by atoms with Crippen LogP contribution in [0, 0.1) is 0 Å². The van der Waals surface area contributed by atoms with Crippen LogP contribution < -0.4 is 122 Å². The first-order chi connectivity index (χ1) is 14.5. The number of phosphoric acid groups is 2. The smallest absolute Gasteiger partial charge is 0.780 e. The number of phosphoric ester groups is 2. The van der Waals surface area contributed by atoms with Gasteiger partial charge in [0.15, 0.2) is 23.7 Å². The summed E-state index contributed by atoms with van der Waals surface area (Å²) in [6, 6.07) is 0. The fourth-order valence-corrected chi connectivity index (χ4v) is 2.80. The van der Waals surface area contributed by atoms with Crippen LogP contribution in [-0.4, -0.2) is 103 Å². The Morgan fingerprint density at radius 3 is 1.23 bits per heavy atom. The molecule has 0 aromatic rings. The number of hydrogen-bond acceptors (Lipinski definition) is 18. The number of rotatable bonds is 8. The van der Waals surface area contributed by atoms with Gasteiger partial charge in [-0.2, -0.15) is 0 Å². The minimum atomic E-state index is -5.52. The Bertz CT molecular complexity index is 826. The van der Waals surface area contributed by atoms with E-state index in [9.17, 15) is 48.5 Å². The van der Waals surface area contributed by atoms with E-state index in [-0.39, 0.29) is 126 Å². The van der Waals surface area contributed by atoms with Crippen LogP contribution in [0.5, 0.6) is 0 Å². The summed E-state index contributed by atoms with van der Waals surface area (Å²) < 4.78 is 36.3. The van der Waals surface area contributed by atoms with Gasteiger partial charge in [0.2, 0.25) is 0 Å². The molecule has 18 nitrogen and oxygen atoms in total. The second-order valence-electron chi connectivity index (χ2n) is 5.66. The van der Waals surface area contributed by atoms with E-state index in [4.69, 9.17) is 20.4 Å². The third-order valence-corrected chi connectivity index (χ3v) is 4.13. The number of aliphatic hydroxyl groups is 6. The van der Waals surface area contributed by atoms with Gasteiger partial charge in [0, 0.05) is 0 Å². The summed E-state index contributed by atoms with van der Waals surface area (Å²) in [6.45, 7) is -1.69. The summed E-state index contributed by atoms with van der Waals surface area (Å²) in [5, 5.41) is 53.6. The maximum Gasteiger partial charge on any atom is 2.00 e. The second-order valence-corrected chi connectivity index (χ2v) is 7.81. The van der Waals surface area contributed by atoms with E-state index < -0.39 is 88.3 Å². The number of hydrogen-bond donors (Lipinski definition) is 6. The van der Waals surface area contributed by atoms with Crippen LogP contribution in [-0.2, 0) is 37.2 Å². The summed E-state index contributed by atoms with van der Waals surface area (Å²) in [7, 11) is -11.0. The van der Waals surface area contributed by atoms with Crippen molar-refractivity contribution in [1.82, 2.24) is 0 Å². The van der Waals surface area contributed by atoms with Gasteiger partial charge in [0.25, 0.3) is 11.5 Å². The minimum absolute atomic E-state index is 0. The van der Waals surface area contributed by atoms with Gasteiger partial charge in [-0.25, -0.2) is 9.59 Å². The molecule has 2 heterocycles. The van der Waals surface area contributed by atoms with Gasteiger partial charge < -0.3 is 77.9 Å². The number of carbonyl (C=O) groups excluding carboxylic acids is 2. The summed E-state index contributed by atoms with van der Waals surface area (Å²) in [5.74, 6) is -7.35.